The maximum absolute atomic E-state index is 13.2. The number of amides is 4. The van der Waals surface area contributed by atoms with Crippen LogP contribution in [0.1, 0.15) is 86.0 Å². The summed E-state index contributed by atoms with van der Waals surface area (Å²) in [7, 11) is 0. The first-order valence-electron chi connectivity index (χ1n) is 13.3. The molecule has 1 aliphatic heterocycles. The minimum Gasteiger partial charge on any atom is -0.427 e. The van der Waals surface area contributed by atoms with E-state index in [-0.39, 0.29) is 47.2 Å². The Morgan fingerprint density at radius 2 is 1.55 bits per heavy atom. The number of imide groups is 1. The Morgan fingerprint density at radius 3 is 2.33 bits per heavy atom. The van der Waals surface area contributed by atoms with Gasteiger partial charge in [0.2, 0.25) is 0 Å². The topological polar surface area (TPSA) is 122 Å². The average molecular weight is 540 g/mol. The normalized spacial score (nSPS) is 15.0. The van der Waals surface area contributed by atoms with Crippen molar-refractivity contribution in [3.05, 3.63) is 94.5 Å². The van der Waals surface area contributed by atoms with E-state index in [1.54, 1.807) is 54.6 Å². The molecule has 1 saturated carbocycles. The summed E-state index contributed by atoms with van der Waals surface area (Å²) >= 11 is 0. The van der Waals surface area contributed by atoms with Crippen LogP contribution in [-0.2, 0) is 11.3 Å². The van der Waals surface area contributed by atoms with Gasteiger partial charge in [0.25, 0.3) is 23.6 Å². The van der Waals surface area contributed by atoms with Crippen molar-refractivity contribution < 1.29 is 28.7 Å². The molecule has 9 nitrogen and oxygen atoms in total. The molecule has 0 bridgehead atoms. The zero-order valence-corrected chi connectivity index (χ0v) is 22.1. The first kappa shape index (κ1) is 26.8. The molecule has 1 fully saturated rings. The molecule has 0 spiro atoms. The number of benzene rings is 3. The molecular formula is C31H29N3O6. The van der Waals surface area contributed by atoms with Gasteiger partial charge in [0.1, 0.15) is 5.75 Å². The summed E-state index contributed by atoms with van der Waals surface area (Å²) in [6.45, 7) is 1.41. The van der Waals surface area contributed by atoms with E-state index in [1.165, 1.54) is 24.0 Å². The SMILES string of the molecule is CC(=O)Oc1cccc(C(=O)NCc2ccccc2NC(=O)c2ccc3c(c2)C(=O)N(C2CCCCC2)C3=O)c1. The molecule has 4 amide bonds. The van der Waals surface area contributed by atoms with Gasteiger partial charge in [-0.3, -0.25) is 28.9 Å². The molecule has 0 aromatic heterocycles. The van der Waals surface area contributed by atoms with Crippen molar-refractivity contribution in [2.24, 2.45) is 0 Å². The molecule has 3 aromatic carbocycles. The number of carbonyl (C=O) groups excluding carboxylic acids is 5. The summed E-state index contributed by atoms with van der Waals surface area (Å²) in [5, 5.41) is 5.67. The summed E-state index contributed by atoms with van der Waals surface area (Å²) in [5.74, 6) is -1.67. The minimum atomic E-state index is -0.483. The van der Waals surface area contributed by atoms with Crippen molar-refractivity contribution in [2.45, 2.75) is 51.6 Å². The van der Waals surface area contributed by atoms with Crippen LogP contribution in [0.3, 0.4) is 0 Å². The van der Waals surface area contributed by atoms with Crippen LogP contribution >= 0.6 is 0 Å². The molecule has 0 saturated heterocycles. The molecule has 0 atom stereocenters. The lowest BCUT2D eigenvalue weighted by atomic mass is 9.94. The first-order valence-corrected chi connectivity index (χ1v) is 13.3. The van der Waals surface area contributed by atoms with E-state index in [0.29, 0.717) is 22.4 Å². The zero-order chi connectivity index (χ0) is 28.2. The molecule has 204 valence electrons. The fraction of sp³-hybridized carbons (Fsp3) is 0.258. The van der Waals surface area contributed by atoms with E-state index in [0.717, 1.165) is 32.1 Å². The number of rotatable bonds is 7. The smallest absolute Gasteiger partial charge is 0.308 e. The van der Waals surface area contributed by atoms with Crippen molar-refractivity contribution >= 4 is 35.3 Å². The maximum atomic E-state index is 13.2. The van der Waals surface area contributed by atoms with Crippen LogP contribution in [0.5, 0.6) is 5.75 Å². The van der Waals surface area contributed by atoms with Crippen molar-refractivity contribution in [1.29, 1.82) is 0 Å². The average Bonchev–Trinajstić information content (AvgIpc) is 3.21. The number of nitrogens with zero attached hydrogens (tertiary/aromatic N) is 1. The standard InChI is InChI=1S/C31H29N3O6/c1-19(35)40-24-12-7-9-20(16-24)28(36)32-18-22-8-5-6-13-27(22)33-29(37)21-14-15-25-26(17-21)31(39)34(30(25)38)23-10-3-2-4-11-23/h5-9,12-17,23H,2-4,10-11,18H2,1H3,(H,32,36)(H,33,37). The number of para-hydroxylation sites is 1. The van der Waals surface area contributed by atoms with Gasteiger partial charge >= 0.3 is 5.97 Å². The summed E-state index contributed by atoms with van der Waals surface area (Å²) in [6, 6.07) is 17.8. The van der Waals surface area contributed by atoms with Gasteiger partial charge in [-0.05, 0) is 60.9 Å². The highest BCUT2D eigenvalue weighted by atomic mass is 16.5. The second-order valence-electron chi connectivity index (χ2n) is 9.95. The van der Waals surface area contributed by atoms with E-state index >= 15 is 0 Å². The summed E-state index contributed by atoms with van der Waals surface area (Å²) in [6.07, 6.45) is 4.71. The first-order chi connectivity index (χ1) is 19.3. The van der Waals surface area contributed by atoms with Gasteiger partial charge in [-0.15, -0.1) is 0 Å². The molecule has 0 radical (unpaired) electrons. The summed E-state index contributed by atoms with van der Waals surface area (Å²) in [5.41, 5.74) is 2.31. The molecule has 2 N–H and O–H groups in total. The monoisotopic (exact) mass is 539 g/mol. The second kappa shape index (κ2) is 11.5. The maximum Gasteiger partial charge on any atom is 0.308 e. The van der Waals surface area contributed by atoms with Gasteiger partial charge in [-0.2, -0.15) is 0 Å². The number of fused-ring (bicyclic) bond motifs is 1. The third kappa shape index (κ3) is 5.63. The largest absolute Gasteiger partial charge is 0.427 e. The van der Waals surface area contributed by atoms with Gasteiger partial charge < -0.3 is 15.4 Å². The third-order valence-corrected chi connectivity index (χ3v) is 7.18. The van der Waals surface area contributed by atoms with Crippen molar-refractivity contribution in [2.75, 3.05) is 5.32 Å². The fourth-order valence-corrected chi connectivity index (χ4v) is 5.21. The van der Waals surface area contributed by atoms with E-state index in [4.69, 9.17) is 4.74 Å². The Balaban J connectivity index is 1.27. The van der Waals surface area contributed by atoms with Crippen LogP contribution < -0.4 is 15.4 Å². The number of hydrogen-bond acceptors (Lipinski definition) is 6. The second-order valence-corrected chi connectivity index (χ2v) is 9.95. The highest BCUT2D eigenvalue weighted by Gasteiger charge is 2.40. The predicted octanol–water partition coefficient (Wildman–Crippen LogP) is 4.72. The van der Waals surface area contributed by atoms with Crippen LogP contribution in [0.15, 0.2) is 66.7 Å². The van der Waals surface area contributed by atoms with Crippen molar-refractivity contribution in [3.8, 4) is 5.75 Å². The van der Waals surface area contributed by atoms with Gasteiger partial charge in [-0.25, -0.2) is 0 Å². The fourth-order valence-electron chi connectivity index (χ4n) is 5.21. The van der Waals surface area contributed by atoms with Crippen LogP contribution in [0, 0.1) is 0 Å². The summed E-state index contributed by atoms with van der Waals surface area (Å²) < 4.78 is 5.04. The molecule has 5 rings (SSSR count). The molecule has 2 aliphatic rings. The van der Waals surface area contributed by atoms with Crippen molar-refractivity contribution in [1.82, 2.24) is 10.2 Å². The molecule has 40 heavy (non-hydrogen) atoms. The Hall–Kier alpha value is -4.79. The quantitative estimate of drug-likeness (QED) is 0.255. The number of ether oxygens (including phenoxy) is 1. The van der Waals surface area contributed by atoms with Gasteiger partial charge in [-0.1, -0.05) is 43.5 Å². The lowest BCUT2D eigenvalue weighted by molar-refractivity contribution is -0.131. The molecular weight excluding hydrogens is 510 g/mol. The Kier molecular flexibility index (Phi) is 7.72. The van der Waals surface area contributed by atoms with Crippen LogP contribution in [0.4, 0.5) is 5.69 Å². The van der Waals surface area contributed by atoms with E-state index in [2.05, 4.69) is 10.6 Å². The van der Waals surface area contributed by atoms with E-state index in [9.17, 15) is 24.0 Å². The lowest BCUT2D eigenvalue weighted by Crippen LogP contribution is -2.40. The highest BCUT2D eigenvalue weighted by molar-refractivity contribution is 6.22. The Bertz CT molecular complexity index is 1510. The minimum absolute atomic E-state index is 0.0929. The molecule has 1 heterocycles. The van der Waals surface area contributed by atoms with Gasteiger partial charge in [0, 0.05) is 36.3 Å². The Morgan fingerprint density at radius 1 is 0.825 bits per heavy atom. The van der Waals surface area contributed by atoms with Crippen molar-refractivity contribution in [3.63, 3.8) is 0 Å². The Labute approximate surface area is 231 Å². The summed E-state index contributed by atoms with van der Waals surface area (Å²) in [4.78, 5) is 64.6. The van der Waals surface area contributed by atoms with E-state index < -0.39 is 11.9 Å². The van der Waals surface area contributed by atoms with Gasteiger partial charge in [0.15, 0.2) is 0 Å². The van der Waals surface area contributed by atoms with Gasteiger partial charge in [0.05, 0.1) is 11.1 Å². The van der Waals surface area contributed by atoms with E-state index in [1.807, 2.05) is 0 Å². The van der Waals surface area contributed by atoms with Crippen LogP contribution in [-0.4, -0.2) is 40.5 Å². The lowest BCUT2D eigenvalue weighted by Gasteiger charge is -2.29. The van der Waals surface area contributed by atoms with Crippen LogP contribution in [0.2, 0.25) is 0 Å². The molecule has 1 aliphatic carbocycles. The molecule has 3 aromatic rings. The highest BCUT2D eigenvalue weighted by Crippen LogP contribution is 2.31. The van der Waals surface area contributed by atoms with Crippen LogP contribution in [0.25, 0.3) is 0 Å². The molecule has 9 heteroatoms. The number of hydrogen-bond donors (Lipinski definition) is 2. The zero-order valence-electron chi connectivity index (χ0n) is 22.1. The number of carbonyl (C=O) groups is 5. The number of nitrogens with one attached hydrogen (secondary N) is 2. The molecule has 0 unspecified atom stereocenters. The third-order valence-electron chi connectivity index (χ3n) is 7.18. The predicted molar refractivity (Wildman–Crippen MR) is 147 cm³/mol. The number of esters is 1. The number of anilines is 1.